The van der Waals surface area contributed by atoms with Gasteiger partial charge in [0.15, 0.2) is 12.4 Å². The summed E-state index contributed by atoms with van der Waals surface area (Å²) < 4.78 is 1.71. The van der Waals surface area contributed by atoms with Gasteiger partial charge in [-0.1, -0.05) is 0 Å². The third-order valence-electron chi connectivity index (χ3n) is 1.83. The minimum absolute atomic E-state index is 1.17. The van der Waals surface area contributed by atoms with Crippen LogP contribution < -0.4 is 3.97 Å². The van der Waals surface area contributed by atoms with E-state index in [1.807, 2.05) is 36.7 Å². The summed E-state index contributed by atoms with van der Waals surface area (Å²) in [6.07, 6.45) is 7.38. The number of rotatable bonds is 1. The normalized spacial score (nSPS) is 9.92. The second kappa shape index (κ2) is 3.58. The monoisotopic (exact) mass is 189 g/mol. The Kier molecular flexibility index (Phi) is 2.27. The van der Waals surface area contributed by atoms with E-state index < -0.39 is 0 Å². The van der Waals surface area contributed by atoms with E-state index in [1.165, 1.54) is 11.1 Å². The average Bonchev–Trinajstić information content (AvgIpc) is 2.20. The summed E-state index contributed by atoms with van der Waals surface area (Å²) in [5.74, 6) is 0. The highest BCUT2D eigenvalue weighted by atomic mass is 32.1. The van der Waals surface area contributed by atoms with Crippen LogP contribution >= 0.6 is 12.8 Å². The molecule has 2 rings (SSSR count). The minimum atomic E-state index is 1.17. The van der Waals surface area contributed by atoms with Crippen LogP contribution in [0.25, 0.3) is 11.1 Å². The van der Waals surface area contributed by atoms with Crippen molar-refractivity contribution >= 4 is 12.8 Å². The van der Waals surface area contributed by atoms with E-state index in [0.717, 1.165) is 0 Å². The van der Waals surface area contributed by atoms with Crippen LogP contribution in [0.15, 0.2) is 49.1 Å². The van der Waals surface area contributed by atoms with Crippen molar-refractivity contribution in [2.75, 3.05) is 0 Å². The van der Waals surface area contributed by atoms with Gasteiger partial charge in [0, 0.05) is 24.5 Å². The summed E-state index contributed by atoms with van der Waals surface area (Å²) >= 11 is 4.15. The number of nitrogens with zero attached hydrogens (tertiary/aromatic N) is 2. The molecule has 0 aliphatic heterocycles. The zero-order chi connectivity index (χ0) is 9.10. The maximum Gasteiger partial charge on any atom is 0.183 e. The first kappa shape index (κ1) is 8.26. The highest BCUT2D eigenvalue weighted by molar-refractivity contribution is 7.73. The lowest BCUT2D eigenvalue weighted by atomic mass is 10.1. The van der Waals surface area contributed by atoms with Crippen LogP contribution in [0.1, 0.15) is 0 Å². The summed E-state index contributed by atoms with van der Waals surface area (Å²) in [5, 5.41) is 0. The molecule has 64 valence electrons. The molecule has 0 radical (unpaired) electrons. The fourth-order valence-electron chi connectivity index (χ4n) is 1.16. The van der Waals surface area contributed by atoms with Gasteiger partial charge in [0.2, 0.25) is 0 Å². The van der Waals surface area contributed by atoms with Crippen LogP contribution in [0.2, 0.25) is 0 Å². The van der Waals surface area contributed by atoms with Crippen molar-refractivity contribution in [3.63, 3.8) is 0 Å². The van der Waals surface area contributed by atoms with E-state index in [0.29, 0.717) is 0 Å². The topological polar surface area (TPSA) is 16.8 Å². The predicted octanol–water partition coefficient (Wildman–Crippen LogP) is 1.73. The van der Waals surface area contributed by atoms with Crippen molar-refractivity contribution in [3.8, 4) is 11.1 Å². The first-order valence-electron chi connectivity index (χ1n) is 3.97. The Morgan fingerprint density at radius 3 is 2.08 bits per heavy atom. The summed E-state index contributed by atoms with van der Waals surface area (Å²) in [4.78, 5) is 3.97. The van der Waals surface area contributed by atoms with E-state index in [-0.39, 0.29) is 0 Å². The van der Waals surface area contributed by atoms with Crippen LogP contribution in [-0.4, -0.2) is 4.98 Å². The molecule has 0 N–H and O–H groups in total. The van der Waals surface area contributed by atoms with E-state index >= 15 is 0 Å². The SMILES string of the molecule is S[n+]1ccc(-c2ccncc2)cc1. The molecule has 0 bridgehead atoms. The Labute approximate surface area is 82.4 Å². The van der Waals surface area contributed by atoms with E-state index in [2.05, 4.69) is 17.8 Å². The largest absolute Gasteiger partial charge is 0.265 e. The fraction of sp³-hybridized carbons (Fsp3) is 0. The molecule has 0 fully saturated rings. The van der Waals surface area contributed by atoms with Gasteiger partial charge in [-0.2, -0.15) is 0 Å². The smallest absolute Gasteiger partial charge is 0.183 e. The third-order valence-corrected chi connectivity index (χ3v) is 2.09. The zero-order valence-electron chi connectivity index (χ0n) is 6.96. The number of pyridine rings is 2. The molecule has 0 amide bonds. The highest BCUT2D eigenvalue weighted by Gasteiger charge is 1.98. The van der Waals surface area contributed by atoms with Crippen LogP contribution in [0, 0.1) is 0 Å². The number of thiol groups is 1. The van der Waals surface area contributed by atoms with Gasteiger partial charge in [-0.05, 0) is 23.3 Å². The molecule has 0 spiro atoms. The van der Waals surface area contributed by atoms with E-state index in [9.17, 15) is 0 Å². The molecule has 2 heterocycles. The molecule has 0 unspecified atom stereocenters. The van der Waals surface area contributed by atoms with Crippen molar-refractivity contribution in [1.82, 2.24) is 4.98 Å². The lowest BCUT2D eigenvalue weighted by Crippen LogP contribution is -2.17. The zero-order valence-corrected chi connectivity index (χ0v) is 7.85. The first-order valence-corrected chi connectivity index (χ1v) is 4.37. The first-order chi connectivity index (χ1) is 6.36. The summed E-state index contributed by atoms with van der Waals surface area (Å²) in [5.41, 5.74) is 2.34. The molecular formula is C10H9N2S+. The number of hydrogen-bond acceptors (Lipinski definition) is 2. The molecule has 0 atom stereocenters. The number of aromatic nitrogens is 2. The molecule has 2 nitrogen and oxygen atoms in total. The second-order valence-corrected chi connectivity index (χ2v) is 3.16. The maximum absolute atomic E-state index is 4.15. The van der Waals surface area contributed by atoms with Gasteiger partial charge in [-0.15, -0.1) is 3.97 Å². The van der Waals surface area contributed by atoms with Crippen molar-refractivity contribution < 1.29 is 3.97 Å². The number of hydrogen-bond donors (Lipinski definition) is 1. The van der Waals surface area contributed by atoms with Gasteiger partial charge >= 0.3 is 0 Å². The van der Waals surface area contributed by atoms with Gasteiger partial charge in [0.1, 0.15) is 12.8 Å². The Hall–Kier alpha value is -1.35. The summed E-state index contributed by atoms with van der Waals surface area (Å²) in [7, 11) is 0. The molecule has 0 aromatic carbocycles. The molecule has 2 aromatic heterocycles. The van der Waals surface area contributed by atoms with Crippen molar-refractivity contribution in [2.45, 2.75) is 0 Å². The Bertz CT molecular complexity index is 383. The van der Waals surface area contributed by atoms with Crippen molar-refractivity contribution in [1.29, 1.82) is 0 Å². The van der Waals surface area contributed by atoms with E-state index in [4.69, 9.17) is 0 Å². The molecule has 0 aliphatic rings. The lowest BCUT2D eigenvalue weighted by Gasteiger charge is -1.97. The van der Waals surface area contributed by atoms with Crippen LogP contribution in [0.5, 0.6) is 0 Å². The average molecular weight is 189 g/mol. The van der Waals surface area contributed by atoms with Gasteiger partial charge in [0.05, 0.1) is 0 Å². The van der Waals surface area contributed by atoms with E-state index in [1.54, 1.807) is 16.4 Å². The molecule has 0 saturated heterocycles. The molecular weight excluding hydrogens is 180 g/mol. The Morgan fingerprint density at radius 2 is 1.46 bits per heavy atom. The quantitative estimate of drug-likeness (QED) is 0.534. The van der Waals surface area contributed by atoms with Gasteiger partial charge < -0.3 is 0 Å². The predicted molar refractivity (Wildman–Crippen MR) is 54.3 cm³/mol. The lowest BCUT2D eigenvalue weighted by molar-refractivity contribution is -0.489. The van der Waals surface area contributed by atoms with Gasteiger partial charge in [-0.3, -0.25) is 4.98 Å². The summed E-state index contributed by atoms with van der Waals surface area (Å²) in [6.45, 7) is 0. The standard InChI is InChI=1S/C10H9N2S/c13-12-7-3-10(4-8-12)9-1-5-11-6-2-9/h1-8,13H/q+1. The Balaban J connectivity index is 2.42. The van der Waals surface area contributed by atoms with Gasteiger partial charge in [0.25, 0.3) is 0 Å². The Morgan fingerprint density at radius 1 is 0.923 bits per heavy atom. The van der Waals surface area contributed by atoms with Gasteiger partial charge in [-0.25, -0.2) is 0 Å². The minimum Gasteiger partial charge on any atom is -0.265 e. The fourth-order valence-corrected chi connectivity index (χ4v) is 1.29. The molecule has 2 aromatic rings. The van der Waals surface area contributed by atoms with Crippen molar-refractivity contribution in [3.05, 3.63) is 49.1 Å². The molecule has 0 saturated carbocycles. The highest BCUT2D eigenvalue weighted by Crippen LogP contribution is 2.15. The molecule has 13 heavy (non-hydrogen) atoms. The second-order valence-electron chi connectivity index (χ2n) is 2.70. The summed E-state index contributed by atoms with van der Waals surface area (Å²) in [6, 6.07) is 8.00. The van der Waals surface area contributed by atoms with Crippen LogP contribution in [-0.2, 0) is 0 Å². The third kappa shape index (κ3) is 1.87. The molecule has 3 heteroatoms. The van der Waals surface area contributed by atoms with Crippen LogP contribution in [0.4, 0.5) is 0 Å². The molecule has 0 aliphatic carbocycles. The van der Waals surface area contributed by atoms with Crippen LogP contribution in [0.3, 0.4) is 0 Å². The maximum atomic E-state index is 4.15. The van der Waals surface area contributed by atoms with Crippen molar-refractivity contribution in [2.24, 2.45) is 0 Å².